The number of nitrogens with one attached hydrogen (secondary N) is 2. The maximum atomic E-state index is 13.4. The van der Waals surface area contributed by atoms with E-state index in [4.69, 9.17) is 14.2 Å². The van der Waals surface area contributed by atoms with Crippen LogP contribution in [0, 0.1) is 6.92 Å². The number of hydrogen-bond donors (Lipinski definition) is 2. The number of benzene rings is 3. The van der Waals surface area contributed by atoms with Crippen molar-refractivity contribution in [3.63, 3.8) is 0 Å². The van der Waals surface area contributed by atoms with E-state index in [1.165, 1.54) is 25.3 Å². The quantitative estimate of drug-likeness (QED) is 0.196. The first-order valence-electron chi connectivity index (χ1n) is 12.8. The third kappa shape index (κ3) is 7.18. The molecule has 0 spiro atoms. The summed E-state index contributed by atoms with van der Waals surface area (Å²) < 4.78 is 17.7. The third-order valence-electron chi connectivity index (χ3n) is 5.95. The molecule has 0 saturated carbocycles. The van der Waals surface area contributed by atoms with Crippen LogP contribution in [0.5, 0.6) is 17.2 Å². The van der Waals surface area contributed by atoms with Gasteiger partial charge in [-0.05, 0) is 98.8 Å². The molecule has 0 bridgehead atoms. The Morgan fingerprint density at radius 3 is 2.40 bits per heavy atom. The third-order valence-corrected chi connectivity index (χ3v) is 7.13. The first-order chi connectivity index (χ1) is 20.1. The molecule has 0 aromatic heterocycles. The largest absolute Gasteiger partial charge is 0.493 e. The van der Waals surface area contributed by atoms with Crippen LogP contribution in [-0.2, 0) is 14.4 Å². The molecular formula is C30H27Br2N3O7. The minimum Gasteiger partial charge on any atom is -0.493 e. The highest BCUT2D eigenvalue weighted by molar-refractivity contribution is 9.11. The summed E-state index contributed by atoms with van der Waals surface area (Å²) in [6, 6.07) is 14.4. The van der Waals surface area contributed by atoms with Gasteiger partial charge in [-0.15, -0.1) is 0 Å². The van der Waals surface area contributed by atoms with Crippen molar-refractivity contribution in [3.05, 3.63) is 80.2 Å². The molecule has 3 aromatic carbocycles. The summed E-state index contributed by atoms with van der Waals surface area (Å²) in [5.74, 6) is -0.846. The van der Waals surface area contributed by atoms with Crippen LogP contribution in [0.4, 0.5) is 16.2 Å². The van der Waals surface area contributed by atoms with Gasteiger partial charge in [-0.1, -0.05) is 19.1 Å². The predicted molar refractivity (Wildman–Crippen MR) is 165 cm³/mol. The predicted octanol–water partition coefficient (Wildman–Crippen LogP) is 6.00. The van der Waals surface area contributed by atoms with Gasteiger partial charge in [0.25, 0.3) is 17.7 Å². The number of aryl methyl sites for hydroxylation is 1. The van der Waals surface area contributed by atoms with Gasteiger partial charge in [-0.3, -0.25) is 19.7 Å². The Labute approximate surface area is 259 Å². The van der Waals surface area contributed by atoms with Gasteiger partial charge in [0, 0.05) is 11.8 Å². The highest BCUT2D eigenvalue weighted by Crippen LogP contribution is 2.36. The van der Waals surface area contributed by atoms with Crippen LogP contribution in [0.25, 0.3) is 6.08 Å². The van der Waals surface area contributed by atoms with Crippen LogP contribution in [-0.4, -0.2) is 44.1 Å². The number of nitrogens with zero attached hydrogens (tertiary/aromatic N) is 1. The van der Waals surface area contributed by atoms with E-state index in [0.29, 0.717) is 44.1 Å². The summed E-state index contributed by atoms with van der Waals surface area (Å²) in [5.41, 5.74) is 2.07. The fourth-order valence-corrected chi connectivity index (χ4v) is 5.49. The van der Waals surface area contributed by atoms with Gasteiger partial charge < -0.3 is 19.5 Å². The van der Waals surface area contributed by atoms with E-state index < -0.39 is 17.8 Å². The molecule has 0 radical (unpaired) electrons. The molecule has 1 aliphatic rings. The summed E-state index contributed by atoms with van der Waals surface area (Å²) in [4.78, 5) is 52.0. The number of imide groups is 2. The molecule has 3 aromatic rings. The standard InChI is InChI=1S/C30H27Br2N3O7/c1-4-10-41-24-9-8-20(15-25(24)40-3)35-29(38)21(28(37)34-30(35)39)12-18-13-22(31)27(23(32)14-18)42-16-26(36)33-19-7-5-6-17(2)11-19/h5-9,11-15H,4,10,16H2,1-3H3,(H,33,36)(H,34,37,39)/b21-12-. The van der Waals surface area contributed by atoms with E-state index in [9.17, 15) is 19.2 Å². The molecule has 5 amide bonds. The van der Waals surface area contributed by atoms with Gasteiger partial charge in [0.2, 0.25) is 0 Å². The van der Waals surface area contributed by atoms with Gasteiger partial charge in [-0.25, -0.2) is 9.69 Å². The Hall–Kier alpha value is -4.16. The van der Waals surface area contributed by atoms with Crippen LogP contribution >= 0.6 is 31.9 Å². The minimum atomic E-state index is -0.888. The number of amides is 5. The zero-order valence-corrected chi connectivity index (χ0v) is 26.1. The van der Waals surface area contributed by atoms with Gasteiger partial charge in [-0.2, -0.15) is 0 Å². The summed E-state index contributed by atoms with van der Waals surface area (Å²) >= 11 is 6.85. The minimum absolute atomic E-state index is 0.201. The number of urea groups is 1. The van der Waals surface area contributed by atoms with Gasteiger partial charge in [0.15, 0.2) is 18.1 Å². The van der Waals surface area contributed by atoms with Crippen LogP contribution in [0.15, 0.2) is 69.1 Å². The second-order valence-corrected chi connectivity index (χ2v) is 10.9. The molecule has 42 heavy (non-hydrogen) atoms. The zero-order valence-electron chi connectivity index (χ0n) is 23.0. The Balaban J connectivity index is 1.53. The van der Waals surface area contributed by atoms with Crippen LogP contribution in [0.2, 0.25) is 0 Å². The number of halogens is 2. The lowest BCUT2D eigenvalue weighted by molar-refractivity contribution is -0.122. The number of carbonyl (C=O) groups is 4. The van der Waals surface area contributed by atoms with Crippen molar-refractivity contribution < 1.29 is 33.4 Å². The lowest BCUT2D eigenvalue weighted by Crippen LogP contribution is -2.54. The molecular weight excluding hydrogens is 674 g/mol. The molecule has 1 fully saturated rings. The summed E-state index contributed by atoms with van der Waals surface area (Å²) in [6.07, 6.45) is 2.15. The van der Waals surface area contributed by atoms with Crippen molar-refractivity contribution in [2.75, 3.05) is 30.5 Å². The maximum absolute atomic E-state index is 13.4. The summed E-state index contributed by atoms with van der Waals surface area (Å²) in [6.45, 7) is 4.10. The van der Waals surface area contributed by atoms with Crippen LogP contribution < -0.4 is 29.7 Å². The van der Waals surface area contributed by atoms with Gasteiger partial charge in [0.1, 0.15) is 11.3 Å². The van der Waals surface area contributed by atoms with Gasteiger partial charge >= 0.3 is 6.03 Å². The molecule has 0 atom stereocenters. The Bertz CT molecular complexity index is 1570. The lowest BCUT2D eigenvalue weighted by Gasteiger charge is -2.27. The second kappa shape index (κ2) is 13.7. The fourth-order valence-electron chi connectivity index (χ4n) is 4.04. The first-order valence-corrected chi connectivity index (χ1v) is 14.4. The SMILES string of the molecule is CCCOc1ccc(N2C(=O)NC(=O)/C(=C/c3cc(Br)c(OCC(=O)Nc4cccc(C)c4)c(Br)c3)C2=O)cc1OC. The smallest absolute Gasteiger partial charge is 0.335 e. The normalized spacial score (nSPS) is 14.1. The van der Waals surface area contributed by atoms with E-state index in [0.717, 1.165) is 16.9 Å². The van der Waals surface area contributed by atoms with Crippen molar-refractivity contribution in [2.45, 2.75) is 20.3 Å². The summed E-state index contributed by atoms with van der Waals surface area (Å²) in [5, 5.41) is 4.98. The van der Waals surface area contributed by atoms with E-state index in [1.807, 2.05) is 32.0 Å². The number of carbonyl (C=O) groups excluding carboxylic acids is 4. The van der Waals surface area contributed by atoms with E-state index in [2.05, 4.69) is 42.5 Å². The highest BCUT2D eigenvalue weighted by atomic mass is 79.9. The van der Waals surface area contributed by atoms with E-state index in [1.54, 1.807) is 24.3 Å². The van der Waals surface area contributed by atoms with Crippen LogP contribution in [0.3, 0.4) is 0 Å². The molecule has 1 saturated heterocycles. The molecule has 10 nitrogen and oxygen atoms in total. The molecule has 218 valence electrons. The average Bonchev–Trinajstić information content (AvgIpc) is 2.94. The van der Waals surface area contributed by atoms with Crippen molar-refractivity contribution in [1.29, 1.82) is 0 Å². The van der Waals surface area contributed by atoms with E-state index in [-0.39, 0.29) is 23.8 Å². The molecule has 4 rings (SSSR count). The van der Waals surface area contributed by atoms with Crippen LogP contribution in [0.1, 0.15) is 24.5 Å². The lowest BCUT2D eigenvalue weighted by atomic mass is 10.1. The van der Waals surface area contributed by atoms with Gasteiger partial charge in [0.05, 0.1) is 28.3 Å². The maximum Gasteiger partial charge on any atom is 0.335 e. The molecule has 0 unspecified atom stereocenters. The molecule has 2 N–H and O–H groups in total. The number of methoxy groups -OCH3 is 1. The molecule has 1 heterocycles. The number of rotatable bonds is 10. The number of barbiturate groups is 1. The Morgan fingerprint density at radius 2 is 1.74 bits per heavy atom. The highest BCUT2D eigenvalue weighted by Gasteiger charge is 2.37. The fraction of sp³-hybridized carbons (Fsp3) is 0.200. The average molecular weight is 701 g/mol. The zero-order chi connectivity index (χ0) is 30.4. The molecule has 1 aliphatic heterocycles. The van der Waals surface area contributed by atoms with Crippen molar-refractivity contribution in [2.24, 2.45) is 0 Å². The topological polar surface area (TPSA) is 123 Å². The first kappa shape index (κ1) is 30.8. The van der Waals surface area contributed by atoms with Crippen molar-refractivity contribution in [1.82, 2.24) is 5.32 Å². The number of hydrogen-bond acceptors (Lipinski definition) is 7. The van der Waals surface area contributed by atoms with Crippen molar-refractivity contribution >= 4 is 73.1 Å². The molecule has 0 aliphatic carbocycles. The molecule has 12 heteroatoms. The Morgan fingerprint density at radius 1 is 1.00 bits per heavy atom. The monoisotopic (exact) mass is 699 g/mol. The number of anilines is 2. The Kier molecular flexibility index (Phi) is 10.0. The van der Waals surface area contributed by atoms with E-state index >= 15 is 0 Å². The van der Waals surface area contributed by atoms with Crippen molar-refractivity contribution in [3.8, 4) is 17.2 Å². The summed E-state index contributed by atoms with van der Waals surface area (Å²) in [7, 11) is 1.45. The second-order valence-electron chi connectivity index (χ2n) is 9.16. The number of ether oxygens (including phenoxy) is 3.